The Balaban J connectivity index is 2.50. The van der Waals surface area contributed by atoms with Crippen molar-refractivity contribution >= 4 is 22.4 Å². The van der Waals surface area contributed by atoms with Gasteiger partial charge < -0.3 is 10.1 Å². The number of hydrogen-bond acceptors (Lipinski definition) is 5. The summed E-state index contributed by atoms with van der Waals surface area (Å²) in [6.07, 6.45) is 3.16. The van der Waals surface area contributed by atoms with Gasteiger partial charge in [-0.2, -0.15) is 0 Å². The molecule has 1 aromatic rings. The maximum atomic E-state index is 11.3. The Hall–Kier alpha value is -1.10. The number of nitrogens with one attached hydrogen (secondary N) is 1. The molecule has 1 aromatic heterocycles. The van der Waals surface area contributed by atoms with Gasteiger partial charge in [0.1, 0.15) is 0 Å². The highest BCUT2D eigenvalue weighted by atomic mass is 32.1. The normalized spacial score (nSPS) is 11.4. The van der Waals surface area contributed by atoms with Crippen LogP contribution in [0.3, 0.4) is 0 Å². The van der Waals surface area contributed by atoms with Crippen molar-refractivity contribution in [3.8, 4) is 0 Å². The molecule has 0 radical (unpaired) electrons. The number of hydrogen-bond donors (Lipinski definition) is 1. The van der Waals surface area contributed by atoms with Crippen LogP contribution in [0, 0.1) is 0 Å². The lowest BCUT2D eigenvalue weighted by molar-refractivity contribution is -0.143. The van der Waals surface area contributed by atoms with Crippen molar-refractivity contribution in [2.75, 3.05) is 11.9 Å². The number of carbonyl (C=O) groups excluding carboxylic acids is 1. The van der Waals surface area contributed by atoms with Crippen molar-refractivity contribution in [1.82, 2.24) is 4.98 Å². The van der Waals surface area contributed by atoms with Gasteiger partial charge in [0, 0.05) is 17.3 Å². The van der Waals surface area contributed by atoms with Crippen molar-refractivity contribution < 1.29 is 9.53 Å². The van der Waals surface area contributed by atoms with E-state index < -0.39 is 0 Å². The monoisotopic (exact) mass is 284 g/mol. The molecule has 1 N–H and O–H groups in total. The molecule has 19 heavy (non-hydrogen) atoms. The van der Waals surface area contributed by atoms with E-state index in [4.69, 9.17) is 4.74 Å². The quantitative estimate of drug-likeness (QED) is 0.741. The molecule has 0 unspecified atom stereocenters. The van der Waals surface area contributed by atoms with E-state index in [1.165, 1.54) is 0 Å². The molecule has 0 bridgehead atoms. The second kappa shape index (κ2) is 7.48. The minimum absolute atomic E-state index is 0.0935. The van der Waals surface area contributed by atoms with Gasteiger partial charge in [-0.3, -0.25) is 4.79 Å². The van der Waals surface area contributed by atoms with Crippen LogP contribution >= 0.6 is 11.3 Å². The standard InChI is InChI=1S/C14H24N2O2S/c1-5-14(4,6-2)16-13-15-11(10-19-13)8-9-12(17)18-7-3/h10H,5-9H2,1-4H3,(H,15,16). The third kappa shape index (κ3) is 5.19. The topological polar surface area (TPSA) is 51.2 Å². The van der Waals surface area contributed by atoms with E-state index in [1.807, 2.05) is 12.3 Å². The predicted molar refractivity (Wildman–Crippen MR) is 79.7 cm³/mol. The number of rotatable bonds is 8. The van der Waals surface area contributed by atoms with Crippen LogP contribution < -0.4 is 5.32 Å². The number of nitrogens with zero attached hydrogens (tertiary/aromatic N) is 1. The minimum Gasteiger partial charge on any atom is -0.466 e. The van der Waals surface area contributed by atoms with Gasteiger partial charge in [0.05, 0.1) is 18.7 Å². The number of aryl methyl sites for hydroxylation is 1. The van der Waals surface area contributed by atoms with E-state index in [-0.39, 0.29) is 11.5 Å². The van der Waals surface area contributed by atoms with Crippen molar-refractivity contribution in [2.45, 2.75) is 58.9 Å². The number of carbonyl (C=O) groups is 1. The van der Waals surface area contributed by atoms with Crippen molar-refractivity contribution in [3.63, 3.8) is 0 Å². The van der Waals surface area contributed by atoms with E-state index in [1.54, 1.807) is 11.3 Å². The first-order chi connectivity index (χ1) is 9.03. The van der Waals surface area contributed by atoms with Crippen LogP contribution in [0.4, 0.5) is 5.13 Å². The van der Waals surface area contributed by atoms with Gasteiger partial charge >= 0.3 is 5.97 Å². The molecular formula is C14H24N2O2S. The van der Waals surface area contributed by atoms with Gasteiger partial charge in [-0.05, 0) is 26.7 Å². The molecule has 0 aliphatic carbocycles. The van der Waals surface area contributed by atoms with Crippen LogP contribution in [0.5, 0.6) is 0 Å². The number of esters is 1. The summed E-state index contributed by atoms with van der Waals surface area (Å²) in [4.78, 5) is 15.8. The Kier molecular flexibility index (Phi) is 6.28. The Morgan fingerprint density at radius 2 is 2.11 bits per heavy atom. The Labute approximate surface area is 119 Å². The first-order valence-electron chi connectivity index (χ1n) is 6.91. The summed E-state index contributed by atoms with van der Waals surface area (Å²) in [5, 5.41) is 6.42. The Morgan fingerprint density at radius 3 is 2.68 bits per heavy atom. The smallest absolute Gasteiger partial charge is 0.306 e. The number of thiazole rings is 1. The lowest BCUT2D eigenvalue weighted by atomic mass is 9.96. The fraction of sp³-hybridized carbons (Fsp3) is 0.714. The largest absolute Gasteiger partial charge is 0.466 e. The van der Waals surface area contributed by atoms with Crippen LogP contribution in [-0.2, 0) is 16.0 Å². The molecule has 0 amide bonds. The van der Waals surface area contributed by atoms with E-state index in [2.05, 4.69) is 31.1 Å². The number of aromatic nitrogens is 1. The predicted octanol–water partition coefficient (Wildman–Crippen LogP) is 3.63. The zero-order chi connectivity index (χ0) is 14.3. The van der Waals surface area contributed by atoms with Crippen LogP contribution in [0.2, 0.25) is 0 Å². The maximum absolute atomic E-state index is 11.3. The van der Waals surface area contributed by atoms with Gasteiger partial charge in [-0.1, -0.05) is 13.8 Å². The molecule has 0 fully saturated rings. The average molecular weight is 284 g/mol. The molecule has 4 nitrogen and oxygen atoms in total. The molecule has 0 aliphatic rings. The second-order valence-corrected chi connectivity index (χ2v) is 5.70. The maximum Gasteiger partial charge on any atom is 0.306 e. The van der Waals surface area contributed by atoms with E-state index in [9.17, 15) is 4.79 Å². The summed E-state index contributed by atoms with van der Waals surface area (Å²) in [6, 6.07) is 0. The summed E-state index contributed by atoms with van der Waals surface area (Å²) in [6.45, 7) is 8.80. The first kappa shape index (κ1) is 16.0. The summed E-state index contributed by atoms with van der Waals surface area (Å²) >= 11 is 1.60. The molecule has 1 rings (SSSR count). The lowest BCUT2D eigenvalue weighted by Crippen LogP contribution is -2.32. The number of anilines is 1. The fourth-order valence-corrected chi connectivity index (χ4v) is 2.52. The summed E-state index contributed by atoms with van der Waals surface area (Å²) < 4.78 is 4.91. The second-order valence-electron chi connectivity index (χ2n) is 4.84. The fourth-order valence-electron chi connectivity index (χ4n) is 1.63. The van der Waals surface area contributed by atoms with Gasteiger partial charge in [0.15, 0.2) is 5.13 Å². The van der Waals surface area contributed by atoms with E-state index >= 15 is 0 Å². The summed E-state index contributed by atoms with van der Waals surface area (Å²) in [5.41, 5.74) is 1.05. The van der Waals surface area contributed by atoms with Gasteiger partial charge in [0.25, 0.3) is 0 Å². The van der Waals surface area contributed by atoms with Crippen molar-refractivity contribution in [1.29, 1.82) is 0 Å². The van der Waals surface area contributed by atoms with Gasteiger partial charge in [-0.15, -0.1) is 11.3 Å². The van der Waals surface area contributed by atoms with Gasteiger partial charge in [-0.25, -0.2) is 4.98 Å². The molecule has 1 heterocycles. The van der Waals surface area contributed by atoms with Crippen LogP contribution in [-0.4, -0.2) is 23.1 Å². The van der Waals surface area contributed by atoms with Crippen molar-refractivity contribution in [3.05, 3.63) is 11.1 Å². The number of ether oxygens (including phenoxy) is 1. The average Bonchev–Trinajstić information content (AvgIpc) is 2.84. The minimum atomic E-state index is -0.156. The van der Waals surface area contributed by atoms with E-state index in [0.29, 0.717) is 19.4 Å². The van der Waals surface area contributed by atoms with Crippen LogP contribution in [0.15, 0.2) is 5.38 Å². The molecule has 0 saturated carbocycles. The molecule has 0 spiro atoms. The zero-order valence-corrected chi connectivity index (χ0v) is 13.1. The van der Waals surface area contributed by atoms with Crippen LogP contribution in [0.25, 0.3) is 0 Å². The summed E-state index contributed by atoms with van der Waals surface area (Å²) in [5.74, 6) is -0.156. The first-order valence-corrected chi connectivity index (χ1v) is 7.79. The highest BCUT2D eigenvalue weighted by Gasteiger charge is 2.20. The SMILES string of the molecule is CCOC(=O)CCc1csc(NC(C)(CC)CC)n1. The molecule has 0 aromatic carbocycles. The molecule has 0 saturated heterocycles. The van der Waals surface area contributed by atoms with Gasteiger partial charge in [0.2, 0.25) is 0 Å². The third-order valence-electron chi connectivity index (χ3n) is 3.41. The highest BCUT2D eigenvalue weighted by molar-refractivity contribution is 7.13. The molecular weight excluding hydrogens is 260 g/mol. The molecule has 108 valence electrons. The van der Waals surface area contributed by atoms with Crippen molar-refractivity contribution in [2.24, 2.45) is 0 Å². The molecule has 0 atom stereocenters. The molecule has 0 aliphatic heterocycles. The van der Waals surface area contributed by atoms with Crippen LogP contribution in [0.1, 0.15) is 52.7 Å². The Morgan fingerprint density at radius 1 is 1.42 bits per heavy atom. The Bertz CT molecular complexity index is 400. The summed E-state index contributed by atoms with van der Waals surface area (Å²) in [7, 11) is 0. The lowest BCUT2D eigenvalue weighted by Gasteiger charge is -2.27. The molecule has 5 heteroatoms. The highest BCUT2D eigenvalue weighted by Crippen LogP contribution is 2.24. The van der Waals surface area contributed by atoms with E-state index in [0.717, 1.165) is 23.7 Å². The third-order valence-corrected chi connectivity index (χ3v) is 4.22. The zero-order valence-electron chi connectivity index (χ0n) is 12.3.